The first-order valence-electron chi connectivity index (χ1n) is 9.56. The van der Waals surface area contributed by atoms with Gasteiger partial charge in [0.1, 0.15) is 0 Å². The van der Waals surface area contributed by atoms with Crippen molar-refractivity contribution in [2.45, 2.75) is 13.5 Å². The molecule has 29 heavy (non-hydrogen) atoms. The van der Waals surface area contributed by atoms with E-state index >= 15 is 0 Å². The first kappa shape index (κ1) is 20.2. The van der Waals surface area contributed by atoms with Gasteiger partial charge in [-0.2, -0.15) is 9.78 Å². The van der Waals surface area contributed by atoms with Crippen molar-refractivity contribution in [1.29, 1.82) is 0 Å². The number of hydrogen-bond donors (Lipinski definition) is 0. The molecule has 2 aromatic rings. The number of aromatic nitrogens is 2. The normalized spacial score (nSPS) is 21.4. The van der Waals surface area contributed by atoms with Crippen LogP contribution in [0.5, 0.6) is 0 Å². The smallest absolute Gasteiger partial charge is 0.322 e. The predicted octanol–water partition coefficient (Wildman–Crippen LogP) is 3.20. The molecule has 0 saturated carbocycles. The monoisotopic (exact) mass is 435 g/mol. The number of carbonyl (C=O) groups is 2. The van der Waals surface area contributed by atoms with Gasteiger partial charge >= 0.3 is 6.03 Å². The van der Waals surface area contributed by atoms with E-state index < -0.39 is 0 Å². The van der Waals surface area contributed by atoms with Gasteiger partial charge in [0.05, 0.1) is 18.1 Å². The van der Waals surface area contributed by atoms with Gasteiger partial charge in [-0.25, -0.2) is 4.79 Å². The molecule has 7 nitrogen and oxygen atoms in total. The number of rotatable bonds is 3. The lowest BCUT2D eigenvalue weighted by molar-refractivity contribution is -0.116. The van der Waals surface area contributed by atoms with E-state index in [1.165, 1.54) is 22.7 Å². The Morgan fingerprint density at radius 3 is 2.48 bits per heavy atom. The zero-order chi connectivity index (χ0) is 20.7. The summed E-state index contributed by atoms with van der Waals surface area (Å²) in [7, 11) is 1.66. The molecule has 2 aliphatic heterocycles. The van der Waals surface area contributed by atoms with E-state index in [2.05, 4.69) is 10.00 Å². The van der Waals surface area contributed by atoms with E-state index in [0.29, 0.717) is 40.7 Å². The maximum Gasteiger partial charge on any atom is 0.344 e. The number of hydrogen-bond acceptors (Lipinski definition) is 4. The van der Waals surface area contributed by atoms with Crippen molar-refractivity contribution >= 4 is 40.8 Å². The number of likely N-dealkylation sites (tertiary alicyclic amines) is 2. The van der Waals surface area contributed by atoms with Crippen LogP contribution in [-0.2, 0) is 11.3 Å². The van der Waals surface area contributed by atoms with Crippen LogP contribution in [0.3, 0.4) is 0 Å². The minimum Gasteiger partial charge on any atom is -0.322 e. The molecule has 0 N–H and O–H groups in total. The Morgan fingerprint density at radius 2 is 1.86 bits per heavy atom. The molecule has 1 aromatic heterocycles. The Balaban J connectivity index is 1.35. The molecule has 0 bridgehead atoms. The average Bonchev–Trinajstić information content (AvgIpc) is 3.37. The van der Waals surface area contributed by atoms with E-state index in [-0.39, 0.29) is 11.9 Å². The molecule has 2 saturated heterocycles. The fourth-order valence-electron chi connectivity index (χ4n) is 4.18. The number of amides is 2. The quantitative estimate of drug-likeness (QED) is 0.742. The lowest BCUT2D eigenvalue weighted by atomic mass is 10.0. The molecule has 4 rings (SSSR count). The third-order valence-electron chi connectivity index (χ3n) is 5.87. The molecule has 1 aromatic carbocycles. The first-order chi connectivity index (χ1) is 13.8. The Kier molecular flexibility index (Phi) is 5.55. The third-order valence-corrected chi connectivity index (χ3v) is 6.45. The summed E-state index contributed by atoms with van der Waals surface area (Å²) in [5, 5.41) is 5.47. The topological polar surface area (TPSA) is 61.7 Å². The van der Waals surface area contributed by atoms with Crippen molar-refractivity contribution < 1.29 is 9.59 Å². The first-order valence-corrected chi connectivity index (χ1v) is 10.3. The highest BCUT2D eigenvalue weighted by Crippen LogP contribution is 2.33. The number of anilines is 1. The van der Waals surface area contributed by atoms with Gasteiger partial charge in [0.2, 0.25) is 5.91 Å². The largest absolute Gasteiger partial charge is 0.344 e. The predicted molar refractivity (Wildman–Crippen MR) is 112 cm³/mol. The Hall–Kier alpha value is -2.09. The van der Waals surface area contributed by atoms with Gasteiger partial charge in [0, 0.05) is 56.7 Å². The molecule has 2 unspecified atom stereocenters. The maximum atomic E-state index is 12.8. The lowest BCUT2D eigenvalue weighted by Gasteiger charge is -2.22. The van der Waals surface area contributed by atoms with Crippen LogP contribution in [0.1, 0.15) is 12.5 Å². The molecule has 0 aliphatic carbocycles. The van der Waals surface area contributed by atoms with Gasteiger partial charge in [-0.1, -0.05) is 29.3 Å². The minimum absolute atomic E-state index is 0.103. The highest BCUT2D eigenvalue weighted by atomic mass is 35.5. The second-order valence-electron chi connectivity index (χ2n) is 7.86. The molecule has 0 spiro atoms. The third kappa shape index (κ3) is 4.13. The van der Waals surface area contributed by atoms with Crippen molar-refractivity contribution in [2.75, 3.05) is 38.1 Å². The summed E-state index contributed by atoms with van der Waals surface area (Å²) in [5.41, 5.74) is 1.68. The maximum absolute atomic E-state index is 12.8. The molecule has 2 fully saturated rings. The second kappa shape index (κ2) is 7.97. The Bertz CT molecular complexity index is 933. The molecule has 0 radical (unpaired) electrons. The lowest BCUT2D eigenvalue weighted by Crippen LogP contribution is -2.36. The molecule has 2 atom stereocenters. The number of benzene rings is 1. The summed E-state index contributed by atoms with van der Waals surface area (Å²) in [4.78, 5) is 30.0. The summed E-state index contributed by atoms with van der Waals surface area (Å²) in [6.07, 6.45) is 3.14. The van der Waals surface area contributed by atoms with Crippen LogP contribution in [0.25, 0.3) is 0 Å². The molecule has 2 aliphatic rings. The highest BCUT2D eigenvalue weighted by Gasteiger charge is 2.42. The summed E-state index contributed by atoms with van der Waals surface area (Å²) in [6, 6.07) is 5.47. The second-order valence-corrected chi connectivity index (χ2v) is 8.70. The summed E-state index contributed by atoms with van der Waals surface area (Å²) in [6.45, 7) is 5.56. The summed E-state index contributed by atoms with van der Waals surface area (Å²) < 4.78 is 1.32. The van der Waals surface area contributed by atoms with Gasteiger partial charge in [0.15, 0.2) is 0 Å². The van der Waals surface area contributed by atoms with E-state index in [1.54, 1.807) is 19.3 Å². The van der Waals surface area contributed by atoms with Crippen LogP contribution in [0.4, 0.5) is 10.5 Å². The fraction of sp³-hybridized carbons (Fsp3) is 0.450. The average molecular weight is 436 g/mol. The zero-order valence-corrected chi connectivity index (χ0v) is 17.9. The van der Waals surface area contributed by atoms with Crippen molar-refractivity contribution in [2.24, 2.45) is 11.8 Å². The summed E-state index contributed by atoms with van der Waals surface area (Å²) >= 11 is 12.3. The number of nitrogens with zero attached hydrogens (tertiary/aromatic N) is 5. The standard InChI is InChI=1S/C20H23Cl2N5O2/c1-13(28)24(2)18-6-23-27(12-18)20(29)26-10-15-8-25(9-16(15)11-26)7-14-3-4-17(21)5-19(14)22/h3-6,12,15-16H,7-11H2,1-2H3. The number of carbonyl (C=O) groups excluding carboxylic acids is 2. The Labute approximate surface area is 179 Å². The van der Waals surface area contributed by atoms with Gasteiger partial charge in [-0.05, 0) is 29.5 Å². The van der Waals surface area contributed by atoms with Crippen molar-refractivity contribution in [3.05, 3.63) is 46.2 Å². The molecule has 3 heterocycles. The highest BCUT2D eigenvalue weighted by molar-refractivity contribution is 6.35. The molecule has 9 heteroatoms. The number of fused-ring (bicyclic) bond motifs is 1. The van der Waals surface area contributed by atoms with Crippen molar-refractivity contribution in [3.63, 3.8) is 0 Å². The number of halogens is 2. The van der Waals surface area contributed by atoms with Gasteiger partial charge < -0.3 is 9.80 Å². The van der Waals surface area contributed by atoms with Crippen LogP contribution in [0.15, 0.2) is 30.6 Å². The molecule has 2 amide bonds. The summed E-state index contributed by atoms with van der Waals surface area (Å²) in [5.74, 6) is 0.786. The van der Waals surface area contributed by atoms with Crippen molar-refractivity contribution in [3.8, 4) is 0 Å². The van der Waals surface area contributed by atoms with E-state index in [4.69, 9.17) is 23.2 Å². The van der Waals surface area contributed by atoms with E-state index in [0.717, 1.165) is 25.2 Å². The van der Waals surface area contributed by atoms with Crippen LogP contribution in [-0.4, -0.2) is 64.7 Å². The zero-order valence-electron chi connectivity index (χ0n) is 16.4. The van der Waals surface area contributed by atoms with Gasteiger partial charge in [0.25, 0.3) is 0 Å². The van der Waals surface area contributed by atoms with E-state index in [1.807, 2.05) is 17.0 Å². The SMILES string of the molecule is CC(=O)N(C)c1cnn(C(=O)N2CC3CN(Cc4ccc(Cl)cc4Cl)CC3C2)c1. The molecular weight excluding hydrogens is 413 g/mol. The van der Waals surface area contributed by atoms with Crippen LogP contribution < -0.4 is 4.90 Å². The van der Waals surface area contributed by atoms with Gasteiger partial charge in [-0.15, -0.1) is 0 Å². The molecule has 154 valence electrons. The van der Waals surface area contributed by atoms with Crippen LogP contribution in [0.2, 0.25) is 10.0 Å². The van der Waals surface area contributed by atoms with E-state index in [9.17, 15) is 9.59 Å². The van der Waals surface area contributed by atoms with Crippen molar-refractivity contribution in [1.82, 2.24) is 19.6 Å². The van der Waals surface area contributed by atoms with Crippen LogP contribution >= 0.6 is 23.2 Å². The van der Waals surface area contributed by atoms with Gasteiger partial charge in [-0.3, -0.25) is 9.69 Å². The fourth-order valence-corrected chi connectivity index (χ4v) is 4.65. The molecular formula is C20H23Cl2N5O2. The Morgan fingerprint density at radius 1 is 1.17 bits per heavy atom. The van der Waals surface area contributed by atoms with Crippen LogP contribution in [0, 0.1) is 11.8 Å². The minimum atomic E-state index is -0.144.